The molecule has 0 saturated carbocycles. The van der Waals surface area contributed by atoms with Gasteiger partial charge in [0.1, 0.15) is 11.2 Å². The molecule has 39 heavy (non-hydrogen) atoms. The summed E-state index contributed by atoms with van der Waals surface area (Å²) in [6, 6.07) is 1.85. The van der Waals surface area contributed by atoms with Gasteiger partial charge < -0.3 is 25.8 Å². The number of rotatable bonds is 7. The molecular formula is C28H34N10O. The fourth-order valence-electron chi connectivity index (χ4n) is 4.66. The van der Waals surface area contributed by atoms with E-state index in [9.17, 15) is 4.79 Å². The number of fused-ring (bicyclic) bond motifs is 1. The Kier molecular flexibility index (Phi) is 7.42. The maximum Gasteiger partial charge on any atom is 0.224 e. The van der Waals surface area contributed by atoms with E-state index in [0.717, 1.165) is 53.7 Å². The molecule has 202 valence electrons. The molecule has 0 radical (unpaired) electrons. The Morgan fingerprint density at radius 2 is 1.95 bits per heavy atom. The van der Waals surface area contributed by atoms with E-state index in [4.69, 9.17) is 10.7 Å². The topological polar surface area (TPSA) is 145 Å². The summed E-state index contributed by atoms with van der Waals surface area (Å²) in [7, 11) is 2.13. The second-order valence-corrected chi connectivity index (χ2v) is 10.3. The molecule has 0 unspecified atom stereocenters. The fourth-order valence-corrected chi connectivity index (χ4v) is 4.66. The van der Waals surface area contributed by atoms with Crippen LogP contribution in [0.25, 0.3) is 40.8 Å². The number of carbonyl (C=O) groups is 1. The summed E-state index contributed by atoms with van der Waals surface area (Å²) in [6.07, 6.45) is 10.8. The van der Waals surface area contributed by atoms with Gasteiger partial charge in [0.15, 0.2) is 5.82 Å². The van der Waals surface area contributed by atoms with Gasteiger partial charge in [-0.1, -0.05) is 20.4 Å². The molecule has 11 heteroatoms. The Morgan fingerprint density at radius 3 is 2.69 bits per heavy atom. The van der Waals surface area contributed by atoms with Gasteiger partial charge >= 0.3 is 0 Å². The Hall–Kier alpha value is -4.51. The Bertz CT molecular complexity index is 1630. The van der Waals surface area contributed by atoms with E-state index in [1.165, 1.54) is 6.20 Å². The zero-order valence-electron chi connectivity index (χ0n) is 22.5. The van der Waals surface area contributed by atoms with Crippen LogP contribution in [-0.2, 0) is 4.79 Å². The highest BCUT2D eigenvalue weighted by atomic mass is 16.1. The number of nitrogens with two attached hydrogens (primary N) is 1. The second-order valence-electron chi connectivity index (χ2n) is 10.3. The van der Waals surface area contributed by atoms with E-state index in [-0.39, 0.29) is 11.8 Å². The molecule has 0 spiro atoms. The summed E-state index contributed by atoms with van der Waals surface area (Å²) < 4.78 is 0. The Labute approximate surface area is 226 Å². The third-order valence-electron chi connectivity index (χ3n) is 6.75. The minimum absolute atomic E-state index is 0.0568. The van der Waals surface area contributed by atoms with Gasteiger partial charge in [0.25, 0.3) is 0 Å². The summed E-state index contributed by atoms with van der Waals surface area (Å²) in [4.78, 5) is 34.0. The highest BCUT2D eigenvalue weighted by molar-refractivity contribution is 5.94. The molecule has 0 atom stereocenters. The number of piperazine rings is 1. The molecule has 4 aromatic heterocycles. The van der Waals surface area contributed by atoms with Crippen molar-refractivity contribution in [2.75, 3.05) is 43.4 Å². The van der Waals surface area contributed by atoms with Gasteiger partial charge in [0, 0.05) is 55.8 Å². The van der Waals surface area contributed by atoms with Crippen LogP contribution in [0.4, 0.5) is 11.4 Å². The zero-order valence-corrected chi connectivity index (χ0v) is 22.5. The quantitative estimate of drug-likeness (QED) is 0.285. The third-order valence-corrected chi connectivity index (χ3v) is 6.75. The number of hydrogen-bond donors (Lipinski definition) is 4. The van der Waals surface area contributed by atoms with Gasteiger partial charge in [-0.25, -0.2) is 4.98 Å². The lowest BCUT2D eigenvalue weighted by molar-refractivity contribution is -0.116. The number of imidazole rings is 1. The number of nitrogens with zero attached hydrogens (tertiary/aromatic N) is 6. The third kappa shape index (κ3) is 5.68. The summed E-state index contributed by atoms with van der Waals surface area (Å²) in [5.74, 6) is 0.810. The molecule has 0 aromatic carbocycles. The van der Waals surface area contributed by atoms with Gasteiger partial charge in [-0.15, -0.1) is 0 Å². The molecule has 4 aromatic rings. The van der Waals surface area contributed by atoms with E-state index in [1.807, 2.05) is 32.2 Å². The van der Waals surface area contributed by atoms with Gasteiger partial charge in [0.2, 0.25) is 5.91 Å². The molecule has 1 aliphatic rings. The fraction of sp³-hybridized carbons (Fsp3) is 0.321. The molecule has 0 aliphatic carbocycles. The monoisotopic (exact) mass is 526 g/mol. The SMILES string of the molecule is C=c1[nH]nc(-c2nc3c(N4CCN(C)CC4)cncc3[nH]2)/c1=C/C(=C\N)c1cncc(NC(=O)CC(C)C)c1. The second kappa shape index (κ2) is 11.1. The minimum Gasteiger partial charge on any atom is -0.404 e. The van der Waals surface area contributed by atoms with Crippen molar-refractivity contribution in [3.05, 3.63) is 53.2 Å². The van der Waals surface area contributed by atoms with E-state index >= 15 is 0 Å². The first-order valence-corrected chi connectivity index (χ1v) is 13.0. The van der Waals surface area contributed by atoms with Crippen molar-refractivity contribution in [3.63, 3.8) is 0 Å². The number of likely N-dealkylation sites (N-methyl/N-ethyl adjacent to an activating group) is 1. The molecule has 1 amide bonds. The van der Waals surface area contributed by atoms with Crippen LogP contribution in [0.15, 0.2) is 37.1 Å². The molecule has 1 fully saturated rings. The van der Waals surface area contributed by atoms with Crippen molar-refractivity contribution < 1.29 is 4.79 Å². The summed E-state index contributed by atoms with van der Waals surface area (Å²) in [6.45, 7) is 11.9. The number of nitrogens with one attached hydrogen (secondary N) is 3. The lowest BCUT2D eigenvalue weighted by Crippen LogP contribution is -2.44. The smallest absolute Gasteiger partial charge is 0.224 e. The van der Waals surface area contributed by atoms with Crippen LogP contribution in [0.3, 0.4) is 0 Å². The van der Waals surface area contributed by atoms with E-state index in [2.05, 4.69) is 53.9 Å². The van der Waals surface area contributed by atoms with Crippen LogP contribution < -0.4 is 26.5 Å². The van der Waals surface area contributed by atoms with E-state index < -0.39 is 0 Å². The van der Waals surface area contributed by atoms with Crippen molar-refractivity contribution in [2.24, 2.45) is 11.7 Å². The largest absolute Gasteiger partial charge is 0.404 e. The highest BCUT2D eigenvalue weighted by Gasteiger charge is 2.20. The van der Waals surface area contributed by atoms with E-state index in [0.29, 0.717) is 34.5 Å². The molecule has 1 saturated heterocycles. The first kappa shape index (κ1) is 26.1. The molecule has 11 nitrogen and oxygen atoms in total. The van der Waals surface area contributed by atoms with Crippen LogP contribution >= 0.6 is 0 Å². The normalized spacial score (nSPS) is 15.4. The minimum atomic E-state index is -0.0568. The molecule has 5 heterocycles. The van der Waals surface area contributed by atoms with Crippen molar-refractivity contribution >= 4 is 46.5 Å². The predicted octanol–water partition coefficient (Wildman–Crippen LogP) is 1.67. The number of carbonyl (C=O) groups excluding carboxylic acids is 1. The van der Waals surface area contributed by atoms with Gasteiger partial charge in [-0.3, -0.25) is 19.9 Å². The number of hydrogen-bond acceptors (Lipinski definition) is 8. The molecular weight excluding hydrogens is 492 g/mol. The lowest BCUT2D eigenvalue weighted by Gasteiger charge is -2.33. The summed E-state index contributed by atoms with van der Waals surface area (Å²) in [5, 5.41) is 11.8. The molecule has 0 bridgehead atoms. The number of pyridine rings is 2. The summed E-state index contributed by atoms with van der Waals surface area (Å²) >= 11 is 0. The van der Waals surface area contributed by atoms with Crippen molar-refractivity contribution in [3.8, 4) is 11.5 Å². The number of H-pyrrole nitrogens is 2. The summed E-state index contributed by atoms with van der Waals surface area (Å²) in [5.41, 5.74) is 11.4. The van der Waals surface area contributed by atoms with Crippen molar-refractivity contribution in [1.82, 2.24) is 35.0 Å². The highest BCUT2D eigenvalue weighted by Crippen LogP contribution is 2.27. The zero-order chi connectivity index (χ0) is 27.5. The number of anilines is 2. The maximum atomic E-state index is 12.3. The average Bonchev–Trinajstić information content (AvgIpc) is 3.50. The van der Waals surface area contributed by atoms with Crippen LogP contribution in [0, 0.1) is 5.92 Å². The number of amides is 1. The van der Waals surface area contributed by atoms with Gasteiger partial charge in [-0.2, -0.15) is 5.10 Å². The number of allylic oxidation sites excluding steroid dienone is 1. The molecule has 5 N–H and O–H groups in total. The van der Waals surface area contributed by atoms with Gasteiger partial charge in [0.05, 0.1) is 40.8 Å². The lowest BCUT2D eigenvalue weighted by atomic mass is 10.1. The maximum absolute atomic E-state index is 12.3. The van der Waals surface area contributed by atoms with Crippen molar-refractivity contribution in [1.29, 1.82) is 0 Å². The first-order chi connectivity index (χ1) is 18.8. The Morgan fingerprint density at radius 1 is 1.18 bits per heavy atom. The molecule has 1 aliphatic heterocycles. The van der Waals surface area contributed by atoms with Crippen LogP contribution in [0.5, 0.6) is 0 Å². The number of aromatic nitrogens is 6. The van der Waals surface area contributed by atoms with Crippen LogP contribution in [-0.4, -0.2) is 74.2 Å². The predicted molar refractivity (Wildman–Crippen MR) is 155 cm³/mol. The standard InChI is InChI=1S/C28H34N10O/c1-17(2)9-25(39)32-21-10-20(13-30-14-21)19(12-29)11-22-18(3)35-36-26(22)28-33-23-15-31-16-24(27(23)34-28)38-7-5-37(4)6-8-38/h10-17,35H,3,5-9,29H2,1-2,4H3,(H,32,39)(H,33,34)/b19-12+,22-11+. The Balaban J connectivity index is 1.49. The van der Waals surface area contributed by atoms with Crippen LogP contribution in [0.2, 0.25) is 0 Å². The van der Waals surface area contributed by atoms with Gasteiger partial charge in [-0.05, 0) is 30.7 Å². The first-order valence-electron chi connectivity index (χ1n) is 13.0. The average molecular weight is 527 g/mol. The van der Waals surface area contributed by atoms with Crippen LogP contribution in [0.1, 0.15) is 25.8 Å². The van der Waals surface area contributed by atoms with Crippen molar-refractivity contribution in [2.45, 2.75) is 20.3 Å². The molecule has 5 rings (SSSR count). The number of aromatic amines is 2. The van der Waals surface area contributed by atoms with E-state index in [1.54, 1.807) is 18.6 Å².